The van der Waals surface area contributed by atoms with Gasteiger partial charge in [0.15, 0.2) is 0 Å². The van der Waals surface area contributed by atoms with Crippen LogP contribution in [0.3, 0.4) is 0 Å². The number of carbonyl (C=O) groups excluding carboxylic acids is 5. The summed E-state index contributed by atoms with van der Waals surface area (Å²) in [6.45, 7) is 13.7. The van der Waals surface area contributed by atoms with Crippen LogP contribution in [0.5, 0.6) is 0 Å². The van der Waals surface area contributed by atoms with Gasteiger partial charge in [-0.05, 0) is 162 Å². The summed E-state index contributed by atoms with van der Waals surface area (Å²) >= 11 is 0. The van der Waals surface area contributed by atoms with Crippen molar-refractivity contribution in [2.45, 2.75) is 198 Å². The van der Waals surface area contributed by atoms with Crippen LogP contribution in [0.15, 0.2) is 0 Å². The first-order chi connectivity index (χ1) is 27.3. The van der Waals surface area contributed by atoms with Crippen molar-refractivity contribution < 1.29 is 42.9 Å². The topological polar surface area (TPSA) is 208 Å². The minimum absolute atomic E-state index is 0.0463. The fraction of sp³-hybridized carbons (Fsp3) is 0.881. The number of ether oxygens (including phenoxy) is 4. The highest BCUT2D eigenvalue weighted by Gasteiger charge is 2.38. The van der Waals surface area contributed by atoms with E-state index in [1.165, 1.54) is 19.3 Å². The Balaban J connectivity index is 0.000000173. The van der Waals surface area contributed by atoms with E-state index in [0.717, 1.165) is 103 Å². The molecule has 5 amide bonds. The van der Waals surface area contributed by atoms with Crippen molar-refractivity contribution in [2.24, 2.45) is 23.5 Å². The Labute approximate surface area is 347 Å². The van der Waals surface area contributed by atoms with E-state index < -0.39 is 35.5 Å². The minimum Gasteiger partial charge on any atom is -0.444 e. The minimum atomic E-state index is -0.537. The zero-order valence-electron chi connectivity index (χ0n) is 36.0. The maximum atomic E-state index is 11.9. The van der Waals surface area contributed by atoms with E-state index in [1.54, 1.807) is 0 Å². The summed E-state index contributed by atoms with van der Waals surface area (Å²) < 4.78 is 20.2. The molecule has 8 rings (SSSR count). The summed E-state index contributed by atoms with van der Waals surface area (Å²) in [4.78, 5) is 58.4. The third kappa shape index (κ3) is 17.6. The lowest BCUT2D eigenvalue weighted by Crippen LogP contribution is -2.49. The number of rotatable bonds is 2. The van der Waals surface area contributed by atoms with E-state index in [9.17, 15) is 24.0 Å². The number of hydrogen-bond donors (Lipinski definition) is 6. The molecule has 7 N–H and O–H groups in total. The highest BCUT2D eigenvalue weighted by atomic mass is 16.6. The molecule has 5 saturated heterocycles. The van der Waals surface area contributed by atoms with E-state index in [4.69, 9.17) is 32.5 Å². The second-order valence-electron chi connectivity index (χ2n) is 19.2. The molecule has 6 bridgehead atoms. The Kier molecular flexibility index (Phi) is 18.4. The number of alkyl carbamates (subject to hydrolysis) is 2. The summed E-state index contributed by atoms with van der Waals surface area (Å²) in [5.74, 6) is 1.68. The SMILES string of the molecule is C1CCOC1.CC(C)(C)OC(=O)N[C@@H]1C[C@@H]2CC[C@@H](C2)NC1=O.CC(C)(C)OC(=O)N[C@@H]1C[C@@H]2CC[C@@H](C2)NC1=O.N[C@@H]1C[C@@H]2CC[C@@H](C2)NC1=O.[B]C1CCCO1. The molecule has 0 spiro atoms. The van der Waals surface area contributed by atoms with Crippen molar-refractivity contribution in [3.63, 3.8) is 0 Å². The van der Waals surface area contributed by atoms with Gasteiger partial charge in [-0.2, -0.15) is 0 Å². The van der Waals surface area contributed by atoms with Crippen molar-refractivity contribution in [1.29, 1.82) is 0 Å². The predicted molar refractivity (Wildman–Crippen MR) is 221 cm³/mol. The molecule has 328 valence electrons. The molecule has 58 heavy (non-hydrogen) atoms. The number of amides is 5. The molecular formula is C42H73BN6O9. The van der Waals surface area contributed by atoms with Crippen LogP contribution < -0.4 is 32.3 Å². The first-order valence-corrected chi connectivity index (χ1v) is 21.9. The van der Waals surface area contributed by atoms with E-state index in [0.29, 0.717) is 35.9 Å². The second-order valence-corrected chi connectivity index (χ2v) is 19.2. The fourth-order valence-corrected chi connectivity index (χ4v) is 8.78. The van der Waals surface area contributed by atoms with Gasteiger partial charge in [-0.1, -0.05) is 0 Å². The smallest absolute Gasteiger partial charge is 0.408 e. The maximum Gasteiger partial charge on any atom is 0.408 e. The molecule has 15 nitrogen and oxygen atoms in total. The van der Waals surface area contributed by atoms with E-state index in [-0.39, 0.29) is 29.8 Å². The highest BCUT2D eigenvalue weighted by Crippen LogP contribution is 2.33. The number of hydrogen-bond acceptors (Lipinski definition) is 10. The van der Waals surface area contributed by atoms with Gasteiger partial charge in [0.2, 0.25) is 17.7 Å². The molecule has 1 unspecified atom stereocenters. The van der Waals surface area contributed by atoms with Crippen molar-refractivity contribution in [1.82, 2.24) is 26.6 Å². The van der Waals surface area contributed by atoms with Crippen LogP contribution in [0.4, 0.5) is 9.59 Å². The van der Waals surface area contributed by atoms with Crippen LogP contribution in [0.2, 0.25) is 0 Å². The average Bonchev–Trinajstić information content (AvgIpc) is 3.96. The molecule has 8 aliphatic rings. The molecule has 8 fully saturated rings. The van der Waals surface area contributed by atoms with Crippen molar-refractivity contribution >= 4 is 37.8 Å². The van der Waals surface area contributed by atoms with Crippen molar-refractivity contribution in [3.8, 4) is 0 Å². The predicted octanol–water partition coefficient (Wildman–Crippen LogP) is 4.23. The molecule has 10 atom stereocenters. The van der Waals surface area contributed by atoms with Gasteiger partial charge in [-0.15, -0.1) is 0 Å². The standard InChI is InChI=1S/2C13H22N2O3.C8H14N2O.C4H7BO.C4H8O/c2*1-13(2,3)18-12(17)15-10-7-8-4-5-9(6-8)14-11(10)16;9-7-4-5-1-2-6(3-5)10-8(7)11;5-4-2-1-3-6-4;1-2-4-5-3-1/h2*8-10H,4-7H2,1-3H3,(H,14,16)(H,15,17);5-7H,1-4,9H2,(H,10,11);4H,1-3H2;1-4H2/t2*8-,9+,10-;5-,6+,7-;;/m111../s1. The molecule has 5 heterocycles. The van der Waals surface area contributed by atoms with Gasteiger partial charge in [-0.3, -0.25) is 14.4 Å². The molecule has 0 aromatic rings. The van der Waals surface area contributed by atoms with Gasteiger partial charge in [0.25, 0.3) is 0 Å². The Morgan fingerprint density at radius 3 is 1.34 bits per heavy atom. The third-order valence-corrected chi connectivity index (χ3v) is 11.5. The van der Waals surface area contributed by atoms with Crippen LogP contribution in [-0.4, -0.2) is 111 Å². The van der Waals surface area contributed by atoms with Gasteiger partial charge < -0.3 is 51.3 Å². The van der Waals surface area contributed by atoms with E-state index >= 15 is 0 Å². The van der Waals surface area contributed by atoms with Crippen LogP contribution >= 0.6 is 0 Å². The fourth-order valence-electron chi connectivity index (χ4n) is 8.78. The lowest BCUT2D eigenvalue weighted by atomic mass is 9.98. The second kappa shape index (κ2) is 22.5. The largest absolute Gasteiger partial charge is 0.444 e. The normalized spacial score (nSPS) is 33.4. The monoisotopic (exact) mass is 817 g/mol. The molecule has 3 saturated carbocycles. The van der Waals surface area contributed by atoms with Gasteiger partial charge in [0.05, 0.1) is 6.04 Å². The lowest BCUT2D eigenvalue weighted by Gasteiger charge is -2.24. The van der Waals surface area contributed by atoms with Gasteiger partial charge in [0.1, 0.15) is 31.1 Å². The maximum absolute atomic E-state index is 11.9. The first kappa shape index (κ1) is 47.6. The lowest BCUT2D eigenvalue weighted by molar-refractivity contribution is -0.124. The molecule has 0 aromatic heterocycles. The molecule has 2 radical (unpaired) electrons. The molecule has 16 heteroatoms. The highest BCUT2D eigenvalue weighted by molar-refractivity contribution is 6.11. The first-order valence-electron chi connectivity index (χ1n) is 21.9. The van der Waals surface area contributed by atoms with Crippen molar-refractivity contribution in [2.75, 3.05) is 19.8 Å². The Hall–Kier alpha value is -3.11. The molecule has 0 aromatic carbocycles. The van der Waals surface area contributed by atoms with Crippen LogP contribution in [0, 0.1) is 17.8 Å². The van der Waals surface area contributed by atoms with Gasteiger partial charge in [0, 0.05) is 43.9 Å². The van der Waals surface area contributed by atoms with Gasteiger partial charge >= 0.3 is 12.2 Å². The third-order valence-electron chi connectivity index (χ3n) is 11.5. The average molecular weight is 817 g/mol. The number of nitrogens with two attached hydrogens (primary N) is 1. The summed E-state index contributed by atoms with van der Waals surface area (Å²) in [5.41, 5.74) is 4.58. The zero-order chi connectivity index (χ0) is 42.5. The van der Waals surface area contributed by atoms with Crippen LogP contribution in [-0.2, 0) is 33.3 Å². The Bertz CT molecular complexity index is 1270. The number of nitrogens with one attached hydrogen (secondary N) is 5. The summed E-state index contributed by atoms with van der Waals surface area (Å²) in [6.07, 6.45) is 16.1. The summed E-state index contributed by atoms with van der Waals surface area (Å²) in [6, 6.07) is -0.0671. The number of carbonyl (C=O) groups is 5. The van der Waals surface area contributed by atoms with Crippen molar-refractivity contribution in [3.05, 3.63) is 0 Å². The number of fused-ring (bicyclic) bond motifs is 6. The Morgan fingerprint density at radius 2 is 1.02 bits per heavy atom. The molecule has 3 aliphatic carbocycles. The van der Waals surface area contributed by atoms with Crippen LogP contribution in [0.1, 0.15) is 144 Å². The molecule has 5 aliphatic heterocycles. The Morgan fingerprint density at radius 1 is 0.603 bits per heavy atom. The van der Waals surface area contributed by atoms with E-state index in [2.05, 4.69) is 26.6 Å². The zero-order valence-corrected chi connectivity index (χ0v) is 36.0. The van der Waals surface area contributed by atoms with E-state index in [1.807, 2.05) is 41.5 Å². The van der Waals surface area contributed by atoms with Crippen LogP contribution in [0.25, 0.3) is 0 Å². The molecular weight excluding hydrogens is 743 g/mol. The summed E-state index contributed by atoms with van der Waals surface area (Å²) in [7, 11) is 5.31. The summed E-state index contributed by atoms with van der Waals surface area (Å²) in [5, 5.41) is 14.3. The van der Waals surface area contributed by atoms with Gasteiger partial charge in [-0.25, -0.2) is 9.59 Å². The quantitative estimate of drug-likeness (QED) is 0.219.